The van der Waals surface area contributed by atoms with Crippen LogP contribution in [0.4, 0.5) is 27.6 Å². The van der Waals surface area contributed by atoms with E-state index in [-0.39, 0.29) is 36.4 Å². The fourth-order valence-corrected chi connectivity index (χ4v) is 5.49. The molecule has 2 aliphatic rings. The van der Waals surface area contributed by atoms with Crippen molar-refractivity contribution in [2.75, 3.05) is 38.6 Å². The highest BCUT2D eigenvalue weighted by Crippen LogP contribution is 2.32. The van der Waals surface area contributed by atoms with Gasteiger partial charge in [-0.3, -0.25) is 9.59 Å². The molecular formula is C31H31F5N6O6. The summed E-state index contributed by atoms with van der Waals surface area (Å²) in [6.07, 6.45) is -2.78. The highest BCUT2D eigenvalue weighted by Gasteiger charge is 2.38. The highest BCUT2D eigenvalue weighted by atomic mass is 19.4. The molecule has 1 atom stereocenters. The molecule has 0 unspecified atom stereocenters. The van der Waals surface area contributed by atoms with Gasteiger partial charge >= 0.3 is 12.1 Å². The number of hydrogen-bond donors (Lipinski definition) is 5. The number of ether oxygens (including phenoxy) is 1. The number of aromatic nitrogens is 3. The number of carbonyl (C=O) groups is 2. The van der Waals surface area contributed by atoms with Crippen LogP contribution < -0.4 is 15.6 Å². The first kappa shape index (κ1) is 34.3. The molecule has 2 aromatic carbocycles. The zero-order valence-electron chi connectivity index (χ0n) is 25.4. The van der Waals surface area contributed by atoms with Crippen molar-refractivity contribution in [1.29, 1.82) is 0 Å². The Bertz CT molecular complexity index is 1870. The summed E-state index contributed by atoms with van der Waals surface area (Å²) in [7, 11) is 2.09. The Morgan fingerprint density at radius 1 is 1.15 bits per heavy atom. The summed E-state index contributed by atoms with van der Waals surface area (Å²) in [5.41, 5.74) is 3.10. The number of rotatable bonds is 8. The second-order valence-corrected chi connectivity index (χ2v) is 11.4. The number of likely N-dealkylation sites (tertiary alicyclic amines) is 1. The van der Waals surface area contributed by atoms with E-state index in [4.69, 9.17) is 14.6 Å². The van der Waals surface area contributed by atoms with E-state index in [1.54, 1.807) is 12.1 Å². The number of nitrogens with one attached hydrogen (secondary N) is 3. The van der Waals surface area contributed by atoms with Crippen molar-refractivity contribution < 1.29 is 46.5 Å². The molecule has 12 nitrogen and oxygen atoms in total. The molecule has 0 radical (unpaired) electrons. The fourth-order valence-electron chi connectivity index (χ4n) is 5.49. The Morgan fingerprint density at radius 3 is 2.52 bits per heavy atom. The number of halogens is 5. The van der Waals surface area contributed by atoms with Gasteiger partial charge in [-0.1, -0.05) is 0 Å². The number of H-pyrrole nitrogens is 2. The molecule has 1 fully saturated rings. The number of imidazole rings is 1. The number of aliphatic hydroxyl groups is 1. The van der Waals surface area contributed by atoms with E-state index in [0.29, 0.717) is 40.7 Å². The fraction of sp³-hybridized carbons (Fsp3) is 0.355. The molecule has 1 saturated heterocycles. The molecule has 2 aliphatic heterocycles. The predicted octanol–water partition coefficient (Wildman–Crippen LogP) is 3.73. The average molecular weight is 679 g/mol. The molecule has 4 heterocycles. The maximum absolute atomic E-state index is 13.8. The minimum atomic E-state index is -5.08. The van der Waals surface area contributed by atoms with Gasteiger partial charge in [-0.05, 0) is 68.9 Å². The second kappa shape index (κ2) is 14.0. The van der Waals surface area contributed by atoms with Crippen molar-refractivity contribution in [3.8, 4) is 17.1 Å². The van der Waals surface area contributed by atoms with Crippen LogP contribution >= 0.6 is 0 Å². The van der Waals surface area contributed by atoms with Gasteiger partial charge < -0.3 is 40.0 Å². The number of nitrogens with zero attached hydrogens (tertiary/aromatic N) is 3. The van der Waals surface area contributed by atoms with Gasteiger partial charge in [-0.2, -0.15) is 13.2 Å². The van der Waals surface area contributed by atoms with Crippen molar-refractivity contribution in [3.05, 3.63) is 75.7 Å². The standard InChI is InChI=1S/C29H30F2N6O4.C2HF3O2/c1-36-8-5-18(6-9-36)37-14-16-10-23-24(12-20(16)29(37)40)35-27(34-23)26-22(4-7-32-28(26)39)33-13-19(38)15-41-25-3-2-17(30)11-21(25)31;3-2(4,5)1(6)7/h2-4,7,10-12,18-19,38H,5-6,8-9,13-15H2,1H3,(H,34,35)(H2,32,33,39);(H,6,7)/t19-;/m1./s1. The summed E-state index contributed by atoms with van der Waals surface area (Å²) < 4.78 is 63.9. The minimum absolute atomic E-state index is 0.0117. The van der Waals surface area contributed by atoms with Gasteiger partial charge in [-0.15, -0.1) is 0 Å². The van der Waals surface area contributed by atoms with Crippen LogP contribution in [0.5, 0.6) is 5.75 Å². The lowest BCUT2D eigenvalue weighted by molar-refractivity contribution is -0.192. The number of carboxylic acids is 1. The normalized spacial score (nSPS) is 16.0. The van der Waals surface area contributed by atoms with Gasteiger partial charge in [-0.25, -0.2) is 18.6 Å². The first-order valence-electron chi connectivity index (χ1n) is 14.8. The SMILES string of the molecule is CN1CCC(N2Cc3cc4[nH]c(-c5c(NC[C@@H](O)COc6ccc(F)cc6F)cc[nH]c5=O)nc4cc3C2=O)CC1.O=C(O)C(F)(F)F. The van der Waals surface area contributed by atoms with Gasteiger partial charge in [0.25, 0.3) is 11.5 Å². The number of pyridine rings is 1. The van der Waals surface area contributed by atoms with Gasteiger partial charge in [0.2, 0.25) is 0 Å². The Hall–Kier alpha value is -5.03. The van der Waals surface area contributed by atoms with E-state index in [1.165, 1.54) is 6.20 Å². The molecule has 0 saturated carbocycles. The van der Waals surface area contributed by atoms with Crippen LogP contribution in [0.2, 0.25) is 0 Å². The number of aliphatic hydroxyl groups excluding tert-OH is 1. The van der Waals surface area contributed by atoms with E-state index in [9.17, 15) is 36.6 Å². The van der Waals surface area contributed by atoms with Crippen molar-refractivity contribution in [2.24, 2.45) is 0 Å². The third-order valence-electron chi connectivity index (χ3n) is 7.96. The Kier molecular flexibility index (Phi) is 10.00. The van der Waals surface area contributed by atoms with Crippen molar-refractivity contribution in [1.82, 2.24) is 24.8 Å². The van der Waals surface area contributed by atoms with Gasteiger partial charge in [0.1, 0.15) is 29.9 Å². The van der Waals surface area contributed by atoms with Gasteiger partial charge in [0.05, 0.1) is 16.7 Å². The summed E-state index contributed by atoms with van der Waals surface area (Å²) in [6, 6.07) is 8.48. The van der Waals surface area contributed by atoms with E-state index >= 15 is 0 Å². The quantitative estimate of drug-likeness (QED) is 0.175. The molecule has 0 bridgehead atoms. The summed E-state index contributed by atoms with van der Waals surface area (Å²) in [5, 5.41) is 20.5. The molecule has 1 amide bonds. The molecule has 0 spiro atoms. The van der Waals surface area contributed by atoms with E-state index in [1.807, 2.05) is 11.0 Å². The molecule has 4 aromatic rings. The van der Waals surface area contributed by atoms with E-state index in [0.717, 1.165) is 43.6 Å². The number of piperidine rings is 1. The number of carbonyl (C=O) groups excluding carboxylic acids is 1. The van der Waals surface area contributed by atoms with Crippen molar-refractivity contribution in [2.45, 2.75) is 37.7 Å². The molecule has 5 N–H and O–H groups in total. The summed E-state index contributed by atoms with van der Waals surface area (Å²) >= 11 is 0. The monoisotopic (exact) mass is 678 g/mol. The van der Waals surface area contributed by atoms with Crippen molar-refractivity contribution in [3.63, 3.8) is 0 Å². The van der Waals surface area contributed by atoms with Gasteiger partial charge in [0, 0.05) is 37.0 Å². The lowest BCUT2D eigenvalue weighted by Gasteiger charge is -2.34. The molecule has 0 aliphatic carbocycles. The average Bonchev–Trinajstić information content (AvgIpc) is 3.58. The van der Waals surface area contributed by atoms with E-state index < -0.39 is 35.4 Å². The van der Waals surface area contributed by atoms with Crippen molar-refractivity contribution >= 4 is 28.6 Å². The van der Waals surface area contributed by atoms with Crippen LogP contribution in [-0.2, 0) is 11.3 Å². The Balaban J connectivity index is 0.000000582. The van der Waals surface area contributed by atoms with Crippen LogP contribution in [0.25, 0.3) is 22.4 Å². The topological polar surface area (TPSA) is 164 Å². The molecular weight excluding hydrogens is 647 g/mol. The predicted molar refractivity (Wildman–Crippen MR) is 163 cm³/mol. The largest absolute Gasteiger partial charge is 0.490 e. The highest BCUT2D eigenvalue weighted by molar-refractivity contribution is 6.02. The molecule has 256 valence electrons. The molecule has 6 rings (SSSR count). The third-order valence-corrected chi connectivity index (χ3v) is 7.96. The molecule has 48 heavy (non-hydrogen) atoms. The minimum Gasteiger partial charge on any atom is -0.488 e. The number of alkyl halides is 3. The number of hydrogen-bond acceptors (Lipinski definition) is 8. The zero-order chi connectivity index (χ0) is 34.7. The number of aliphatic carboxylic acids is 1. The number of carboxylic acid groups (broad SMARTS) is 1. The maximum atomic E-state index is 13.8. The third kappa shape index (κ3) is 7.74. The lowest BCUT2D eigenvalue weighted by Crippen LogP contribution is -2.43. The van der Waals surface area contributed by atoms with Crippen LogP contribution in [0.15, 0.2) is 47.4 Å². The van der Waals surface area contributed by atoms with Crippen LogP contribution in [0, 0.1) is 11.6 Å². The van der Waals surface area contributed by atoms with Crippen LogP contribution in [0.3, 0.4) is 0 Å². The number of fused-ring (bicyclic) bond motifs is 2. The summed E-state index contributed by atoms with van der Waals surface area (Å²) in [4.78, 5) is 49.7. The Morgan fingerprint density at radius 2 is 1.85 bits per heavy atom. The Labute approximate surface area is 269 Å². The number of aromatic amines is 2. The number of anilines is 1. The molecule has 2 aromatic heterocycles. The first-order valence-corrected chi connectivity index (χ1v) is 14.8. The summed E-state index contributed by atoms with van der Waals surface area (Å²) in [6.45, 7) is 2.21. The van der Waals surface area contributed by atoms with Gasteiger partial charge in [0.15, 0.2) is 11.6 Å². The van der Waals surface area contributed by atoms with Crippen LogP contribution in [-0.4, -0.2) is 98.5 Å². The van der Waals surface area contributed by atoms with Crippen LogP contribution in [0.1, 0.15) is 28.8 Å². The second-order valence-electron chi connectivity index (χ2n) is 11.4. The number of amides is 1. The lowest BCUT2D eigenvalue weighted by atomic mass is 10.0. The maximum Gasteiger partial charge on any atom is 0.490 e. The first-order chi connectivity index (χ1) is 22.7. The zero-order valence-corrected chi connectivity index (χ0v) is 25.4. The number of benzene rings is 2. The summed E-state index contributed by atoms with van der Waals surface area (Å²) in [5.74, 6) is -4.20. The smallest absolute Gasteiger partial charge is 0.488 e. The molecule has 17 heteroatoms. The van der Waals surface area contributed by atoms with E-state index in [2.05, 4.69) is 32.2 Å².